The number of likely N-dealkylation sites (tertiary alicyclic amines) is 1. The molecule has 1 aliphatic rings. The number of carbonyl (C=O) groups is 1. The van der Waals surface area contributed by atoms with Crippen molar-refractivity contribution in [2.75, 3.05) is 25.0 Å². The van der Waals surface area contributed by atoms with E-state index in [2.05, 4.69) is 26.2 Å². The smallest absolute Gasteiger partial charge is 0.410 e. The molecule has 1 amide bonds. The zero-order valence-electron chi connectivity index (χ0n) is 14.1. The molecule has 0 bridgehead atoms. The van der Waals surface area contributed by atoms with Crippen LogP contribution in [0.15, 0.2) is 27.1 Å². The number of carbonyl (C=O) groups excluding carboxylic acids is 1. The molecule has 1 N–H and O–H groups in total. The zero-order valence-corrected chi connectivity index (χ0v) is 15.7. The van der Waals surface area contributed by atoms with Crippen LogP contribution in [0.1, 0.15) is 27.2 Å². The summed E-state index contributed by atoms with van der Waals surface area (Å²) < 4.78 is 12.1. The Bertz CT molecular complexity index is 738. The van der Waals surface area contributed by atoms with Crippen molar-refractivity contribution in [3.8, 4) is 0 Å². The second kappa shape index (κ2) is 6.63. The Morgan fingerprint density at radius 1 is 1.50 bits per heavy atom. The standard InChI is InChI=1S/C17H22BrN3O3/c1-17(2,3)24-16(22)21-7-6-11(10-21)9-19-15-20-13-8-12(18)4-5-14(13)23-15/h4-5,8,11H,6-7,9-10H2,1-3H3,(H,19,20)/t11-/m1/s1. The molecular formula is C17H22BrN3O3. The SMILES string of the molecule is CC(C)(C)OC(=O)N1CC[C@H](CNc2nc3cc(Br)ccc3o2)C1. The van der Waals surface area contributed by atoms with Crippen molar-refractivity contribution >= 4 is 39.1 Å². The number of aromatic nitrogens is 1. The summed E-state index contributed by atoms with van der Waals surface area (Å²) in [5.74, 6) is 0.360. The van der Waals surface area contributed by atoms with Gasteiger partial charge in [0, 0.05) is 24.1 Å². The first kappa shape index (κ1) is 17.1. The second-order valence-electron chi connectivity index (χ2n) is 7.09. The average molecular weight is 396 g/mol. The normalized spacial score (nSPS) is 18.2. The second-order valence-corrected chi connectivity index (χ2v) is 8.01. The summed E-state index contributed by atoms with van der Waals surface area (Å²) in [5, 5.41) is 3.23. The number of nitrogens with one attached hydrogen (secondary N) is 1. The summed E-state index contributed by atoms with van der Waals surface area (Å²) >= 11 is 3.42. The summed E-state index contributed by atoms with van der Waals surface area (Å²) in [6.07, 6.45) is 0.703. The molecule has 1 aromatic heterocycles. The van der Waals surface area contributed by atoms with E-state index in [0.717, 1.165) is 28.5 Å². The third-order valence-corrected chi connectivity index (χ3v) is 4.32. The maximum Gasteiger partial charge on any atom is 0.410 e. The van der Waals surface area contributed by atoms with E-state index >= 15 is 0 Å². The van der Waals surface area contributed by atoms with Crippen LogP contribution in [0, 0.1) is 5.92 Å². The Balaban J connectivity index is 1.53. The van der Waals surface area contributed by atoms with Crippen LogP contribution >= 0.6 is 15.9 Å². The number of ether oxygens (including phenoxy) is 1. The van der Waals surface area contributed by atoms with Crippen LogP contribution in [0.25, 0.3) is 11.1 Å². The van der Waals surface area contributed by atoms with Gasteiger partial charge in [0.1, 0.15) is 11.1 Å². The molecule has 3 rings (SSSR count). The van der Waals surface area contributed by atoms with Gasteiger partial charge in [-0.3, -0.25) is 0 Å². The topological polar surface area (TPSA) is 67.6 Å². The van der Waals surface area contributed by atoms with Crippen LogP contribution in [0.2, 0.25) is 0 Å². The van der Waals surface area contributed by atoms with Crippen LogP contribution in [-0.2, 0) is 4.74 Å². The van der Waals surface area contributed by atoms with E-state index in [4.69, 9.17) is 9.15 Å². The number of halogens is 1. The molecule has 1 aliphatic heterocycles. The lowest BCUT2D eigenvalue weighted by atomic mass is 10.1. The highest BCUT2D eigenvalue weighted by molar-refractivity contribution is 9.10. The number of hydrogen-bond donors (Lipinski definition) is 1. The highest BCUT2D eigenvalue weighted by Gasteiger charge is 2.29. The minimum absolute atomic E-state index is 0.239. The molecule has 0 spiro atoms. The monoisotopic (exact) mass is 395 g/mol. The fourth-order valence-electron chi connectivity index (χ4n) is 2.70. The molecule has 1 fully saturated rings. The third kappa shape index (κ3) is 4.20. The lowest BCUT2D eigenvalue weighted by molar-refractivity contribution is 0.0289. The van der Waals surface area contributed by atoms with Gasteiger partial charge in [-0.25, -0.2) is 4.79 Å². The van der Waals surface area contributed by atoms with Crippen LogP contribution in [0.3, 0.4) is 0 Å². The molecule has 0 unspecified atom stereocenters. The number of amides is 1. The number of oxazole rings is 1. The molecule has 1 aromatic carbocycles. The Labute approximate surface area is 149 Å². The van der Waals surface area contributed by atoms with Crippen molar-refractivity contribution in [2.45, 2.75) is 32.8 Å². The molecular weight excluding hydrogens is 374 g/mol. The highest BCUT2D eigenvalue weighted by atomic mass is 79.9. The molecule has 24 heavy (non-hydrogen) atoms. The summed E-state index contributed by atoms with van der Waals surface area (Å²) in [4.78, 5) is 18.3. The van der Waals surface area contributed by atoms with Gasteiger partial charge in [0.15, 0.2) is 5.58 Å². The molecule has 7 heteroatoms. The molecule has 2 aromatic rings. The maximum atomic E-state index is 12.1. The summed E-state index contributed by atoms with van der Waals surface area (Å²) in [7, 11) is 0. The van der Waals surface area contributed by atoms with Gasteiger partial charge in [-0.2, -0.15) is 4.98 Å². The van der Waals surface area contributed by atoms with E-state index in [-0.39, 0.29) is 6.09 Å². The average Bonchev–Trinajstić information content (AvgIpc) is 3.09. The number of hydrogen-bond acceptors (Lipinski definition) is 5. The molecule has 0 aliphatic carbocycles. The van der Waals surface area contributed by atoms with Gasteiger partial charge in [-0.1, -0.05) is 15.9 Å². The van der Waals surface area contributed by atoms with E-state index in [1.165, 1.54) is 0 Å². The molecule has 1 atom stereocenters. The van der Waals surface area contributed by atoms with Gasteiger partial charge in [-0.15, -0.1) is 0 Å². The molecule has 130 valence electrons. The van der Waals surface area contributed by atoms with Crippen LogP contribution in [0.4, 0.5) is 10.8 Å². The first-order chi connectivity index (χ1) is 11.3. The third-order valence-electron chi connectivity index (χ3n) is 3.83. The maximum absolute atomic E-state index is 12.1. The van der Waals surface area contributed by atoms with Crippen molar-refractivity contribution in [3.05, 3.63) is 22.7 Å². The number of anilines is 1. The largest absolute Gasteiger partial charge is 0.444 e. The van der Waals surface area contributed by atoms with Crippen molar-refractivity contribution in [1.82, 2.24) is 9.88 Å². The number of rotatable bonds is 3. The predicted octanol–water partition coefficient (Wildman–Crippen LogP) is 4.26. The van der Waals surface area contributed by atoms with Gasteiger partial charge in [0.2, 0.25) is 0 Å². The van der Waals surface area contributed by atoms with E-state index < -0.39 is 5.60 Å². The summed E-state index contributed by atoms with van der Waals surface area (Å²) in [6.45, 7) is 7.77. The van der Waals surface area contributed by atoms with Gasteiger partial charge in [-0.05, 0) is 51.3 Å². The Morgan fingerprint density at radius 3 is 3.04 bits per heavy atom. The number of benzene rings is 1. The van der Waals surface area contributed by atoms with Crippen LogP contribution in [-0.4, -0.2) is 41.2 Å². The molecule has 0 radical (unpaired) electrons. The lowest BCUT2D eigenvalue weighted by Gasteiger charge is -2.24. The van der Waals surface area contributed by atoms with E-state index in [9.17, 15) is 4.79 Å². The first-order valence-corrected chi connectivity index (χ1v) is 8.87. The lowest BCUT2D eigenvalue weighted by Crippen LogP contribution is -2.35. The molecule has 0 saturated carbocycles. The highest BCUT2D eigenvalue weighted by Crippen LogP contribution is 2.24. The van der Waals surface area contributed by atoms with Gasteiger partial charge in [0.05, 0.1) is 0 Å². The first-order valence-electron chi connectivity index (χ1n) is 8.08. The Morgan fingerprint density at radius 2 is 2.29 bits per heavy atom. The Hall–Kier alpha value is -1.76. The summed E-state index contributed by atoms with van der Waals surface area (Å²) in [5.41, 5.74) is 1.11. The minimum Gasteiger partial charge on any atom is -0.444 e. The number of fused-ring (bicyclic) bond motifs is 1. The minimum atomic E-state index is -0.458. The summed E-state index contributed by atoms with van der Waals surface area (Å²) in [6, 6.07) is 6.24. The van der Waals surface area contributed by atoms with Crippen LogP contribution < -0.4 is 5.32 Å². The van der Waals surface area contributed by atoms with Crippen molar-refractivity contribution in [1.29, 1.82) is 0 Å². The zero-order chi connectivity index (χ0) is 17.3. The van der Waals surface area contributed by atoms with Gasteiger partial charge in [0.25, 0.3) is 6.01 Å². The van der Waals surface area contributed by atoms with Crippen molar-refractivity contribution in [2.24, 2.45) is 5.92 Å². The Kier molecular flexibility index (Phi) is 4.71. The van der Waals surface area contributed by atoms with Gasteiger partial charge < -0.3 is 19.4 Å². The predicted molar refractivity (Wildman–Crippen MR) is 96.1 cm³/mol. The molecule has 2 heterocycles. The molecule has 6 nitrogen and oxygen atoms in total. The fraction of sp³-hybridized carbons (Fsp3) is 0.529. The van der Waals surface area contributed by atoms with E-state index in [0.29, 0.717) is 25.0 Å². The quantitative estimate of drug-likeness (QED) is 0.840. The van der Waals surface area contributed by atoms with E-state index in [1.807, 2.05) is 39.0 Å². The van der Waals surface area contributed by atoms with Crippen molar-refractivity contribution < 1.29 is 13.9 Å². The number of nitrogens with zero attached hydrogens (tertiary/aromatic N) is 2. The fourth-order valence-corrected chi connectivity index (χ4v) is 3.05. The van der Waals surface area contributed by atoms with Crippen LogP contribution in [0.5, 0.6) is 0 Å². The molecule has 1 saturated heterocycles. The van der Waals surface area contributed by atoms with E-state index in [1.54, 1.807) is 4.90 Å². The van der Waals surface area contributed by atoms with Crippen molar-refractivity contribution in [3.63, 3.8) is 0 Å². The van der Waals surface area contributed by atoms with Gasteiger partial charge >= 0.3 is 6.09 Å².